The predicted molar refractivity (Wildman–Crippen MR) is 69.1 cm³/mol. The lowest BCUT2D eigenvalue weighted by molar-refractivity contribution is 0.190. The summed E-state index contributed by atoms with van der Waals surface area (Å²) >= 11 is 2.21. The Morgan fingerprint density at radius 1 is 1.43 bits per heavy atom. The van der Waals surface area contributed by atoms with Gasteiger partial charge in [-0.1, -0.05) is 26.8 Å². The molecule has 0 aliphatic rings. The molecule has 1 aromatic rings. The highest BCUT2D eigenvalue weighted by atomic mass is 127. The summed E-state index contributed by atoms with van der Waals surface area (Å²) in [4.78, 5) is 4.33. The molecule has 0 saturated heterocycles. The van der Waals surface area contributed by atoms with E-state index >= 15 is 0 Å². The lowest BCUT2D eigenvalue weighted by atomic mass is 9.99. The van der Waals surface area contributed by atoms with Crippen LogP contribution in [-0.4, -0.2) is 11.6 Å². The Bertz CT molecular complexity index is 298. The minimum atomic E-state index is 0.176. The molecule has 0 saturated carbocycles. The van der Waals surface area contributed by atoms with Crippen LogP contribution in [0.2, 0.25) is 0 Å². The Morgan fingerprint density at radius 3 is 2.71 bits per heavy atom. The van der Waals surface area contributed by atoms with E-state index in [9.17, 15) is 0 Å². The molecule has 0 aliphatic carbocycles. The molecule has 0 radical (unpaired) electrons. The molecule has 1 heterocycles. The largest absolute Gasteiger partial charge is 0.477 e. The monoisotopic (exact) mass is 323 g/mol. The number of nitrogens with zero attached hydrogens (tertiary/aromatic N) is 1. The summed E-state index contributed by atoms with van der Waals surface area (Å²) in [7, 11) is 1.60. The summed E-state index contributed by atoms with van der Waals surface area (Å²) in [5.74, 6) is 0.710. The van der Waals surface area contributed by atoms with Crippen LogP contribution in [-0.2, 0) is 0 Å². The molecular formula is C10H14INOS. The second-order valence-corrected chi connectivity index (χ2v) is 6.13. The third-order valence-corrected chi connectivity index (χ3v) is 3.17. The number of rotatable bonds is 3. The smallest absolute Gasteiger partial charge is 0.214 e. The molecular weight excluding hydrogens is 309 g/mol. The first kappa shape index (κ1) is 12.1. The van der Waals surface area contributed by atoms with Crippen LogP contribution >= 0.6 is 30.1 Å². The summed E-state index contributed by atoms with van der Waals surface area (Å²) in [6, 6.07) is 5.83. The molecule has 1 aromatic heterocycles. The second kappa shape index (κ2) is 5.21. The normalized spacial score (nSPS) is 11.4. The minimum absolute atomic E-state index is 0.176. The third kappa shape index (κ3) is 4.50. The molecule has 1 rings (SSSR count). The summed E-state index contributed by atoms with van der Waals surface area (Å²) in [6.45, 7) is 7.12. The average Bonchev–Trinajstić information content (AvgIpc) is 2.14. The molecule has 0 aliphatic heterocycles. The summed E-state index contributed by atoms with van der Waals surface area (Å²) in [5, 5.41) is 0.983. The zero-order valence-corrected chi connectivity index (χ0v) is 11.6. The zero-order valence-electron chi connectivity index (χ0n) is 8.58. The highest BCUT2D eigenvalue weighted by Crippen LogP contribution is 2.25. The molecule has 0 amide bonds. The van der Waals surface area contributed by atoms with E-state index in [0.717, 1.165) is 5.03 Å². The van der Waals surface area contributed by atoms with E-state index in [-0.39, 0.29) is 5.41 Å². The van der Waals surface area contributed by atoms with Crippen molar-refractivity contribution in [3.8, 4) is 5.88 Å². The van der Waals surface area contributed by atoms with Gasteiger partial charge in [-0.25, -0.2) is 4.98 Å². The van der Waals surface area contributed by atoms with Gasteiger partial charge in [0.1, 0.15) is 5.03 Å². The molecule has 0 N–H and O–H groups in total. The van der Waals surface area contributed by atoms with Gasteiger partial charge in [-0.05, 0) is 20.4 Å². The van der Waals surface area contributed by atoms with Gasteiger partial charge < -0.3 is 4.74 Å². The molecule has 0 bridgehead atoms. The topological polar surface area (TPSA) is 22.1 Å². The van der Waals surface area contributed by atoms with Gasteiger partial charge in [0.2, 0.25) is 5.88 Å². The molecule has 78 valence electrons. The van der Waals surface area contributed by atoms with Gasteiger partial charge >= 0.3 is 0 Å². The quantitative estimate of drug-likeness (QED) is 0.787. The first-order valence-corrected chi connectivity index (χ1v) is 7.76. The Kier molecular flexibility index (Phi) is 4.50. The van der Waals surface area contributed by atoms with E-state index in [2.05, 4.69) is 47.0 Å². The maximum Gasteiger partial charge on any atom is 0.214 e. The highest BCUT2D eigenvalue weighted by molar-refractivity contribution is 14.2. The lowest BCUT2D eigenvalue weighted by Crippen LogP contribution is -2.17. The molecule has 14 heavy (non-hydrogen) atoms. The number of halogens is 1. The molecule has 0 spiro atoms. The van der Waals surface area contributed by atoms with Crippen LogP contribution in [0.5, 0.6) is 5.88 Å². The van der Waals surface area contributed by atoms with E-state index in [4.69, 9.17) is 4.74 Å². The van der Waals surface area contributed by atoms with Crippen LogP contribution < -0.4 is 4.74 Å². The van der Waals surface area contributed by atoms with Gasteiger partial charge in [0.05, 0.1) is 6.61 Å². The van der Waals surface area contributed by atoms with Gasteiger partial charge in [0.25, 0.3) is 0 Å². The fourth-order valence-corrected chi connectivity index (χ4v) is 1.80. The Hall–Kier alpha value is 0.0300. The molecule has 4 heteroatoms. The van der Waals surface area contributed by atoms with Crippen LogP contribution in [0.15, 0.2) is 23.2 Å². The van der Waals surface area contributed by atoms with Crippen molar-refractivity contribution in [2.75, 3.05) is 6.61 Å². The minimum Gasteiger partial charge on any atom is -0.477 e. The number of hydrogen-bond donors (Lipinski definition) is 0. The van der Waals surface area contributed by atoms with E-state index in [0.29, 0.717) is 12.5 Å². The van der Waals surface area contributed by atoms with Gasteiger partial charge in [-0.3, -0.25) is 0 Å². The van der Waals surface area contributed by atoms with E-state index < -0.39 is 0 Å². The first-order chi connectivity index (χ1) is 6.51. The molecule has 2 nitrogen and oxygen atoms in total. The third-order valence-electron chi connectivity index (χ3n) is 1.43. The fourth-order valence-electron chi connectivity index (χ4n) is 0.810. The van der Waals surface area contributed by atoms with E-state index in [1.165, 1.54) is 0 Å². The first-order valence-electron chi connectivity index (χ1n) is 4.40. The number of ether oxygens (including phenoxy) is 1. The Labute approximate surface area is 101 Å². The van der Waals surface area contributed by atoms with Gasteiger partial charge in [0, 0.05) is 27.3 Å². The highest BCUT2D eigenvalue weighted by Gasteiger charge is 2.11. The zero-order chi connectivity index (χ0) is 10.6. The van der Waals surface area contributed by atoms with Crippen molar-refractivity contribution >= 4 is 30.1 Å². The standard InChI is InChI=1S/C10H14INOS/c1-10(2,3)7-13-8-5-4-6-9(12-8)14-11/h4-6H,7H2,1-3H3. The number of hydrogen-bond acceptors (Lipinski definition) is 3. The second-order valence-electron chi connectivity index (χ2n) is 4.24. The summed E-state index contributed by atoms with van der Waals surface area (Å²) in [6.07, 6.45) is 0. The van der Waals surface area contributed by atoms with Crippen LogP contribution in [0.3, 0.4) is 0 Å². The Balaban J connectivity index is 2.59. The SMILES string of the molecule is CC(C)(C)COc1cccc(SI)n1. The van der Waals surface area contributed by atoms with Crippen molar-refractivity contribution in [3.05, 3.63) is 18.2 Å². The maximum atomic E-state index is 5.59. The molecule has 0 unspecified atom stereocenters. The molecule has 0 fully saturated rings. The van der Waals surface area contributed by atoms with Crippen molar-refractivity contribution in [3.63, 3.8) is 0 Å². The average molecular weight is 323 g/mol. The van der Waals surface area contributed by atoms with Crippen molar-refractivity contribution in [2.24, 2.45) is 5.41 Å². The van der Waals surface area contributed by atoms with Crippen molar-refractivity contribution in [1.29, 1.82) is 0 Å². The predicted octanol–water partition coefficient (Wildman–Crippen LogP) is 3.95. The number of pyridine rings is 1. The van der Waals surface area contributed by atoms with Gasteiger partial charge in [0.15, 0.2) is 0 Å². The van der Waals surface area contributed by atoms with Crippen molar-refractivity contribution in [2.45, 2.75) is 25.8 Å². The fraction of sp³-hybridized carbons (Fsp3) is 0.500. The van der Waals surface area contributed by atoms with E-state index in [1.54, 1.807) is 8.93 Å². The molecule has 0 atom stereocenters. The van der Waals surface area contributed by atoms with Crippen molar-refractivity contribution in [1.82, 2.24) is 4.98 Å². The van der Waals surface area contributed by atoms with Crippen LogP contribution in [0.25, 0.3) is 0 Å². The molecule has 0 aromatic carbocycles. The van der Waals surface area contributed by atoms with Crippen molar-refractivity contribution < 1.29 is 4.74 Å². The summed E-state index contributed by atoms with van der Waals surface area (Å²) in [5.41, 5.74) is 0.176. The van der Waals surface area contributed by atoms with E-state index in [1.807, 2.05) is 18.2 Å². The number of aromatic nitrogens is 1. The van der Waals surface area contributed by atoms with Crippen LogP contribution in [0.1, 0.15) is 20.8 Å². The van der Waals surface area contributed by atoms with Crippen LogP contribution in [0.4, 0.5) is 0 Å². The summed E-state index contributed by atoms with van der Waals surface area (Å²) < 4.78 is 5.59. The van der Waals surface area contributed by atoms with Gasteiger partial charge in [-0.15, -0.1) is 0 Å². The lowest BCUT2D eigenvalue weighted by Gasteiger charge is -2.18. The maximum absolute atomic E-state index is 5.59. The van der Waals surface area contributed by atoms with Crippen LogP contribution in [0, 0.1) is 5.41 Å². The van der Waals surface area contributed by atoms with Gasteiger partial charge in [-0.2, -0.15) is 0 Å². The Morgan fingerprint density at radius 2 is 2.14 bits per heavy atom.